The van der Waals surface area contributed by atoms with Gasteiger partial charge in [-0.2, -0.15) is 0 Å². The van der Waals surface area contributed by atoms with Crippen LogP contribution in [-0.4, -0.2) is 44.7 Å². The van der Waals surface area contributed by atoms with Crippen LogP contribution in [0.5, 0.6) is 5.75 Å². The first-order valence-corrected chi connectivity index (χ1v) is 7.69. The summed E-state index contributed by atoms with van der Waals surface area (Å²) in [7, 11) is 1.64. The lowest BCUT2D eigenvalue weighted by molar-refractivity contribution is 0.0478. The van der Waals surface area contributed by atoms with Gasteiger partial charge in [-0.3, -0.25) is 0 Å². The highest BCUT2D eigenvalue weighted by molar-refractivity contribution is 9.10. The number of ether oxygens (including phenoxy) is 3. The Hall–Kier alpha value is -0.620. The van der Waals surface area contributed by atoms with E-state index in [4.69, 9.17) is 14.2 Å². The molecule has 1 aromatic rings. The van der Waals surface area contributed by atoms with E-state index in [-0.39, 0.29) is 0 Å². The number of hydrogen-bond acceptors (Lipinski definition) is 4. The molecule has 1 N–H and O–H groups in total. The van der Waals surface area contributed by atoms with Gasteiger partial charge in [0, 0.05) is 31.0 Å². The fraction of sp³-hybridized carbons (Fsp3) is 0.600. The molecule has 5 heteroatoms. The molecule has 1 atom stereocenters. The van der Waals surface area contributed by atoms with Gasteiger partial charge in [-0.1, -0.05) is 15.9 Å². The summed E-state index contributed by atoms with van der Waals surface area (Å²) in [5, 5.41) is 10.1. The van der Waals surface area contributed by atoms with Crippen molar-refractivity contribution in [3.63, 3.8) is 0 Å². The van der Waals surface area contributed by atoms with Crippen molar-refractivity contribution >= 4 is 15.9 Å². The van der Waals surface area contributed by atoms with Crippen LogP contribution in [0.25, 0.3) is 0 Å². The summed E-state index contributed by atoms with van der Waals surface area (Å²) >= 11 is 3.51. The van der Waals surface area contributed by atoms with Crippen LogP contribution in [0.3, 0.4) is 0 Å². The second-order valence-corrected chi connectivity index (χ2v) is 5.82. The van der Waals surface area contributed by atoms with Gasteiger partial charge in [0.15, 0.2) is 0 Å². The lowest BCUT2D eigenvalue weighted by Gasteiger charge is -2.14. The van der Waals surface area contributed by atoms with Crippen molar-refractivity contribution in [1.29, 1.82) is 0 Å². The normalized spacial score (nSPS) is 14.9. The number of fused-ring (bicyclic) bond motifs is 1. The Morgan fingerprint density at radius 3 is 3.00 bits per heavy atom. The molecular formula is C15H21BrO4. The number of methoxy groups -OCH3 is 1. The topological polar surface area (TPSA) is 47.9 Å². The first-order valence-electron chi connectivity index (χ1n) is 6.89. The highest BCUT2D eigenvalue weighted by Gasteiger charge is 2.19. The molecule has 1 unspecified atom stereocenters. The standard InChI is InChI=1S/C15H21BrO4/c1-18-6-7-19-4-3-14(17)10-12-9-13(16)8-11-2-5-20-15(11)12/h8-9,14,17H,2-7,10H2,1H3. The predicted octanol–water partition coefficient (Wildman–Crippen LogP) is 2.34. The molecule has 4 nitrogen and oxygen atoms in total. The third kappa shape index (κ3) is 4.45. The zero-order valence-corrected chi connectivity index (χ0v) is 13.3. The Morgan fingerprint density at radius 2 is 2.20 bits per heavy atom. The van der Waals surface area contributed by atoms with Gasteiger partial charge in [-0.15, -0.1) is 0 Å². The summed E-state index contributed by atoms with van der Waals surface area (Å²) in [5.41, 5.74) is 2.29. The number of hydrogen-bond donors (Lipinski definition) is 1. The Kier molecular flexibility index (Phi) is 6.29. The molecule has 0 radical (unpaired) electrons. The second kappa shape index (κ2) is 7.98. The molecular weight excluding hydrogens is 324 g/mol. The van der Waals surface area contributed by atoms with Crippen LogP contribution in [0.15, 0.2) is 16.6 Å². The smallest absolute Gasteiger partial charge is 0.125 e. The molecule has 0 spiro atoms. The minimum Gasteiger partial charge on any atom is -0.493 e. The monoisotopic (exact) mass is 344 g/mol. The van der Waals surface area contributed by atoms with Crippen LogP contribution < -0.4 is 4.74 Å². The summed E-state index contributed by atoms with van der Waals surface area (Å²) < 4.78 is 17.0. The van der Waals surface area contributed by atoms with Crippen molar-refractivity contribution in [2.75, 3.05) is 33.5 Å². The molecule has 0 amide bonds. The first-order chi connectivity index (χ1) is 9.70. The van der Waals surface area contributed by atoms with Crippen LogP contribution in [0, 0.1) is 0 Å². The van der Waals surface area contributed by atoms with E-state index in [0.29, 0.717) is 32.7 Å². The summed E-state index contributed by atoms with van der Waals surface area (Å²) in [6, 6.07) is 4.12. The minimum absolute atomic E-state index is 0.417. The van der Waals surface area contributed by atoms with Gasteiger partial charge in [-0.05, 0) is 29.7 Å². The lowest BCUT2D eigenvalue weighted by Crippen LogP contribution is -2.15. The van der Waals surface area contributed by atoms with Crippen LogP contribution >= 0.6 is 15.9 Å². The SMILES string of the molecule is COCCOCCC(O)Cc1cc(Br)cc2c1OCC2. The predicted molar refractivity (Wildman–Crippen MR) is 80.4 cm³/mol. The van der Waals surface area contributed by atoms with Crippen molar-refractivity contribution in [1.82, 2.24) is 0 Å². The second-order valence-electron chi connectivity index (χ2n) is 4.90. The Labute approximate surface area is 128 Å². The van der Waals surface area contributed by atoms with Gasteiger partial charge in [0.05, 0.1) is 25.9 Å². The Balaban J connectivity index is 1.84. The number of aliphatic hydroxyl groups is 1. The molecule has 1 heterocycles. The van der Waals surface area contributed by atoms with E-state index in [0.717, 1.165) is 28.8 Å². The Morgan fingerprint density at radius 1 is 1.35 bits per heavy atom. The van der Waals surface area contributed by atoms with E-state index >= 15 is 0 Å². The summed E-state index contributed by atoms with van der Waals surface area (Å²) in [6.07, 6.45) is 1.73. The number of rotatable bonds is 8. The van der Waals surface area contributed by atoms with Gasteiger partial charge in [0.1, 0.15) is 5.75 Å². The lowest BCUT2D eigenvalue weighted by atomic mass is 10.0. The first kappa shape index (κ1) is 15.8. The fourth-order valence-electron chi connectivity index (χ4n) is 2.32. The van der Waals surface area contributed by atoms with E-state index in [1.807, 2.05) is 6.07 Å². The molecule has 0 saturated heterocycles. The molecule has 0 aliphatic carbocycles. The average molecular weight is 345 g/mol. The molecule has 0 fully saturated rings. The molecule has 1 aromatic carbocycles. The van der Waals surface area contributed by atoms with Crippen molar-refractivity contribution < 1.29 is 19.3 Å². The number of aliphatic hydroxyl groups excluding tert-OH is 1. The van der Waals surface area contributed by atoms with Crippen molar-refractivity contribution in [2.24, 2.45) is 0 Å². The van der Waals surface area contributed by atoms with Crippen molar-refractivity contribution in [3.05, 3.63) is 27.7 Å². The molecule has 0 aromatic heterocycles. The van der Waals surface area contributed by atoms with Gasteiger partial charge in [0.25, 0.3) is 0 Å². The van der Waals surface area contributed by atoms with E-state index in [1.165, 1.54) is 5.56 Å². The van der Waals surface area contributed by atoms with E-state index in [1.54, 1.807) is 7.11 Å². The quantitative estimate of drug-likeness (QED) is 0.735. The van der Waals surface area contributed by atoms with Crippen LogP contribution in [-0.2, 0) is 22.3 Å². The molecule has 20 heavy (non-hydrogen) atoms. The zero-order chi connectivity index (χ0) is 14.4. The van der Waals surface area contributed by atoms with Crippen LogP contribution in [0.2, 0.25) is 0 Å². The maximum atomic E-state index is 10.1. The van der Waals surface area contributed by atoms with Crippen molar-refractivity contribution in [2.45, 2.75) is 25.4 Å². The van der Waals surface area contributed by atoms with Crippen LogP contribution in [0.1, 0.15) is 17.5 Å². The van der Waals surface area contributed by atoms with Crippen molar-refractivity contribution in [3.8, 4) is 5.75 Å². The third-order valence-electron chi connectivity index (χ3n) is 3.31. The van der Waals surface area contributed by atoms with E-state index < -0.39 is 6.10 Å². The molecule has 1 aliphatic rings. The Bertz CT molecular complexity index is 436. The maximum absolute atomic E-state index is 10.1. The van der Waals surface area contributed by atoms with Crippen LogP contribution in [0.4, 0.5) is 0 Å². The van der Waals surface area contributed by atoms with Gasteiger partial charge in [0.2, 0.25) is 0 Å². The number of halogens is 1. The largest absolute Gasteiger partial charge is 0.493 e. The van der Waals surface area contributed by atoms with Gasteiger partial charge >= 0.3 is 0 Å². The minimum atomic E-state index is -0.417. The molecule has 0 bridgehead atoms. The maximum Gasteiger partial charge on any atom is 0.125 e. The molecule has 112 valence electrons. The van der Waals surface area contributed by atoms with Gasteiger partial charge < -0.3 is 19.3 Å². The number of benzene rings is 1. The molecule has 1 aliphatic heterocycles. The fourth-order valence-corrected chi connectivity index (χ4v) is 2.87. The highest BCUT2D eigenvalue weighted by atomic mass is 79.9. The molecule has 0 saturated carbocycles. The molecule has 2 rings (SSSR count). The summed E-state index contributed by atoms with van der Waals surface area (Å²) in [4.78, 5) is 0. The summed E-state index contributed by atoms with van der Waals surface area (Å²) in [5.74, 6) is 0.951. The third-order valence-corrected chi connectivity index (χ3v) is 3.77. The average Bonchev–Trinajstić information content (AvgIpc) is 2.86. The highest BCUT2D eigenvalue weighted by Crippen LogP contribution is 2.33. The van der Waals surface area contributed by atoms with E-state index in [2.05, 4.69) is 22.0 Å². The summed E-state index contributed by atoms with van der Waals surface area (Å²) in [6.45, 7) is 2.43. The zero-order valence-electron chi connectivity index (χ0n) is 11.7. The van der Waals surface area contributed by atoms with E-state index in [9.17, 15) is 5.11 Å². The van der Waals surface area contributed by atoms with Gasteiger partial charge in [-0.25, -0.2) is 0 Å².